The number of halogens is 9. The number of aryl methyl sites for hydroxylation is 2. The molecule has 0 bridgehead atoms. The van der Waals surface area contributed by atoms with Gasteiger partial charge in [0.2, 0.25) is 0 Å². The highest BCUT2D eigenvalue weighted by Crippen LogP contribution is 2.31. The summed E-state index contributed by atoms with van der Waals surface area (Å²) in [5.41, 5.74) is -1.38. The summed E-state index contributed by atoms with van der Waals surface area (Å²) in [6, 6.07) is 2.62. The largest absolute Gasteiger partial charge is 0.458 e. The Hall–Kier alpha value is -2.83. The summed E-state index contributed by atoms with van der Waals surface area (Å²) in [7, 11) is 0. The van der Waals surface area contributed by atoms with Gasteiger partial charge in [-0.3, -0.25) is 0 Å². The normalized spacial score (nSPS) is 11.8. The maximum Gasteiger partial charge on any atom is 0.458 e. The van der Waals surface area contributed by atoms with Gasteiger partial charge in [-0.25, -0.2) is 17.6 Å². The van der Waals surface area contributed by atoms with Crippen molar-refractivity contribution in [3.63, 3.8) is 0 Å². The summed E-state index contributed by atoms with van der Waals surface area (Å²) in [5.74, 6) is -4.98. The van der Waals surface area contributed by atoms with Crippen molar-refractivity contribution in [1.29, 1.82) is 0 Å². The molecule has 2 aromatic rings. The SMILES string of the molecule is Cc1cc(F)c(OC(F)(F)CCc2cc(F)c(C#CC(F)(F)F)c(F)c2)c(F)c1. The lowest BCUT2D eigenvalue weighted by Crippen LogP contribution is -2.26. The third-order valence-electron chi connectivity index (χ3n) is 3.53. The van der Waals surface area contributed by atoms with Crippen molar-refractivity contribution in [3.05, 3.63) is 64.2 Å². The molecule has 0 amide bonds. The van der Waals surface area contributed by atoms with Gasteiger partial charge in [-0.2, -0.15) is 22.0 Å². The minimum absolute atomic E-state index is 0.135. The Morgan fingerprint density at radius 3 is 1.83 bits per heavy atom. The van der Waals surface area contributed by atoms with Gasteiger partial charge in [0.15, 0.2) is 17.4 Å². The highest BCUT2D eigenvalue weighted by Gasteiger charge is 2.34. The molecule has 2 aromatic carbocycles. The third-order valence-corrected chi connectivity index (χ3v) is 3.53. The predicted molar refractivity (Wildman–Crippen MR) is 84.3 cm³/mol. The van der Waals surface area contributed by atoms with E-state index in [1.54, 1.807) is 0 Å². The van der Waals surface area contributed by atoms with Crippen molar-refractivity contribution in [2.75, 3.05) is 0 Å². The second kappa shape index (κ2) is 8.27. The topological polar surface area (TPSA) is 9.23 Å². The smallest absolute Gasteiger partial charge is 0.426 e. The van der Waals surface area contributed by atoms with Gasteiger partial charge in [0.25, 0.3) is 0 Å². The van der Waals surface area contributed by atoms with Gasteiger partial charge >= 0.3 is 12.3 Å². The van der Waals surface area contributed by atoms with Crippen LogP contribution < -0.4 is 4.74 Å². The summed E-state index contributed by atoms with van der Waals surface area (Å²) >= 11 is 0. The molecule has 0 unspecified atom stereocenters. The maximum absolute atomic E-state index is 13.9. The van der Waals surface area contributed by atoms with E-state index >= 15 is 0 Å². The van der Waals surface area contributed by atoms with Gasteiger partial charge in [0, 0.05) is 5.92 Å². The molecule has 0 aliphatic heterocycles. The molecular formula is C19H11F9O. The van der Waals surface area contributed by atoms with Crippen LogP contribution in [-0.4, -0.2) is 12.3 Å². The van der Waals surface area contributed by atoms with Crippen LogP contribution in [0.3, 0.4) is 0 Å². The monoisotopic (exact) mass is 426 g/mol. The minimum atomic E-state index is -4.97. The summed E-state index contributed by atoms with van der Waals surface area (Å²) in [6.45, 7) is 1.33. The molecule has 1 nitrogen and oxygen atoms in total. The van der Waals surface area contributed by atoms with Crippen molar-refractivity contribution in [3.8, 4) is 17.6 Å². The van der Waals surface area contributed by atoms with E-state index in [4.69, 9.17) is 0 Å². The molecule has 0 saturated heterocycles. The van der Waals surface area contributed by atoms with Crippen molar-refractivity contribution in [1.82, 2.24) is 0 Å². The predicted octanol–water partition coefficient (Wildman–Crippen LogP) is 6.07. The molecule has 0 N–H and O–H groups in total. The standard InChI is InChI=1S/C19H11F9O/c1-10-6-15(22)17(16(23)7-10)29-19(27,28)5-2-11-8-13(20)12(14(21)9-11)3-4-18(24,25)26/h6-9H,2,5H2,1H3. The van der Waals surface area contributed by atoms with Gasteiger partial charge < -0.3 is 4.74 Å². The number of rotatable bonds is 5. The Morgan fingerprint density at radius 2 is 1.34 bits per heavy atom. The summed E-state index contributed by atoms with van der Waals surface area (Å²) in [6.07, 6.45) is -11.0. The van der Waals surface area contributed by atoms with Gasteiger partial charge in [-0.05, 0) is 48.7 Å². The van der Waals surface area contributed by atoms with Crippen LogP contribution in [0.1, 0.15) is 23.1 Å². The second-order valence-electron chi connectivity index (χ2n) is 5.98. The van der Waals surface area contributed by atoms with Crippen LogP contribution in [-0.2, 0) is 6.42 Å². The van der Waals surface area contributed by atoms with E-state index in [0.29, 0.717) is 18.1 Å². The van der Waals surface area contributed by atoms with E-state index in [-0.39, 0.29) is 11.1 Å². The fourth-order valence-electron chi connectivity index (χ4n) is 2.30. The molecule has 0 radical (unpaired) electrons. The van der Waals surface area contributed by atoms with Gasteiger partial charge in [-0.15, -0.1) is 0 Å². The van der Waals surface area contributed by atoms with Crippen molar-refractivity contribution in [2.45, 2.75) is 32.1 Å². The highest BCUT2D eigenvalue weighted by molar-refractivity contribution is 5.40. The highest BCUT2D eigenvalue weighted by atomic mass is 19.4. The zero-order chi connectivity index (χ0) is 22.0. The molecule has 2 rings (SSSR count). The molecule has 0 saturated carbocycles. The first-order valence-electron chi connectivity index (χ1n) is 7.88. The molecule has 10 heteroatoms. The van der Waals surface area contributed by atoms with E-state index in [1.165, 1.54) is 12.8 Å². The number of alkyl halides is 5. The fraction of sp³-hybridized carbons (Fsp3) is 0.263. The van der Waals surface area contributed by atoms with Crippen LogP contribution in [0.4, 0.5) is 39.5 Å². The number of hydrogen-bond acceptors (Lipinski definition) is 1. The van der Waals surface area contributed by atoms with Gasteiger partial charge in [-0.1, -0.05) is 5.92 Å². The van der Waals surface area contributed by atoms with Crippen molar-refractivity contribution < 1.29 is 44.3 Å². The van der Waals surface area contributed by atoms with Crippen LogP contribution in [0, 0.1) is 42.0 Å². The quantitative estimate of drug-likeness (QED) is 0.417. The van der Waals surface area contributed by atoms with E-state index in [2.05, 4.69) is 4.74 Å². The summed E-state index contributed by atoms with van der Waals surface area (Å²) in [5, 5.41) is 0. The minimum Gasteiger partial charge on any atom is -0.426 e. The zero-order valence-corrected chi connectivity index (χ0v) is 14.5. The molecule has 0 heterocycles. The first-order chi connectivity index (χ1) is 13.3. The first kappa shape index (κ1) is 22.5. The van der Waals surface area contributed by atoms with Crippen molar-refractivity contribution in [2.24, 2.45) is 0 Å². The Morgan fingerprint density at radius 1 is 0.828 bits per heavy atom. The molecular weight excluding hydrogens is 415 g/mol. The lowest BCUT2D eigenvalue weighted by atomic mass is 10.1. The van der Waals surface area contributed by atoms with Crippen molar-refractivity contribution >= 4 is 0 Å². The van der Waals surface area contributed by atoms with Crippen LogP contribution in [0.2, 0.25) is 0 Å². The number of hydrogen-bond donors (Lipinski definition) is 0. The Bertz CT molecular complexity index is 922. The molecule has 0 fully saturated rings. The Balaban J connectivity index is 2.15. The van der Waals surface area contributed by atoms with Gasteiger partial charge in [0.1, 0.15) is 11.6 Å². The third kappa shape index (κ3) is 6.34. The lowest BCUT2D eigenvalue weighted by Gasteiger charge is -2.19. The molecule has 29 heavy (non-hydrogen) atoms. The van der Waals surface area contributed by atoms with E-state index in [9.17, 15) is 39.5 Å². The average Bonchev–Trinajstić information content (AvgIpc) is 2.55. The first-order valence-corrected chi connectivity index (χ1v) is 7.88. The van der Waals surface area contributed by atoms with E-state index in [1.807, 2.05) is 0 Å². The van der Waals surface area contributed by atoms with Crippen LogP contribution in [0.15, 0.2) is 24.3 Å². The van der Waals surface area contributed by atoms with Gasteiger partial charge in [0.05, 0.1) is 12.0 Å². The zero-order valence-electron chi connectivity index (χ0n) is 14.5. The molecule has 0 aliphatic carbocycles. The maximum atomic E-state index is 13.9. The number of ether oxygens (including phenoxy) is 1. The summed E-state index contributed by atoms with van der Waals surface area (Å²) < 4.78 is 123. The van der Waals surface area contributed by atoms with E-state index in [0.717, 1.165) is 12.1 Å². The Kier molecular flexibility index (Phi) is 6.40. The van der Waals surface area contributed by atoms with Crippen LogP contribution in [0.5, 0.6) is 5.75 Å². The van der Waals surface area contributed by atoms with Crippen LogP contribution >= 0.6 is 0 Å². The molecule has 0 aromatic heterocycles. The molecule has 156 valence electrons. The molecule has 0 aliphatic rings. The van der Waals surface area contributed by atoms with Crippen LogP contribution in [0.25, 0.3) is 0 Å². The van der Waals surface area contributed by atoms with E-state index < -0.39 is 59.7 Å². The average molecular weight is 426 g/mol. The number of benzene rings is 2. The fourth-order valence-corrected chi connectivity index (χ4v) is 2.30. The summed E-state index contributed by atoms with van der Waals surface area (Å²) in [4.78, 5) is 0. The molecule has 0 spiro atoms. The Labute approximate surface area is 159 Å². The molecule has 0 atom stereocenters. The second-order valence-corrected chi connectivity index (χ2v) is 5.98. The lowest BCUT2D eigenvalue weighted by molar-refractivity contribution is -0.183.